The van der Waals surface area contributed by atoms with Crippen molar-refractivity contribution in [1.29, 1.82) is 0 Å². The molecule has 2 rings (SSSR count). The Hall–Kier alpha value is -1.23. The van der Waals surface area contributed by atoms with Crippen LogP contribution in [-0.2, 0) is 11.3 Å². The summed E-state index contributed by atoms with van der Waals surface area (Å²) < 4.78 is 7.38. The number of hydrogen-bond acceptors (Lipinski definition) is 3. The van der Waals surface area contributed by atoms with E-state index in [1.165, 1.54) is 0 Å². The van der Waals surface area contributed by atoms with Crippen LogP contribution in [0.5, 0.6) is 0 Å². The number of imidazole rings is 1. The lowest BCUT2D eigenvalue weighted by Gasteiger charge is -2.10. The molecule has 0 amide bonds. The number of aromatic nitrogens is 2. The number of ether oxygens (including phenoxy) is 1. The first-order chi connectivity index (χ1) is 9.70. The van der Waals surface area contributed by atoms with Gasteiger partial charge in [0.1, 0.15) is 0 Å². The Morgan fingerprint density at radius 2 is 2.15 bits per heavy atom. The number of benzene rings is 1. The Labute approximate surface area is 128 Å². The van der Waals surface area contributed by atoms with E-state index in [1.54, 1.807) is 18.3 Å². The van der Waals surface area contributed by atoms with Gasteiger partial charge in [-0.05, 0) is 31.5 Å². The first-order valence-corrected chi connectivity index (χ1v) is 7.27. The summed E-state index contributed by atoms with van der Waals surface area (Å²) in [6, 6.07) is 5.41. The monoisotopic (exact) mass is 313 g/mol. The third-order valence-electron chi connectivity index (χ3n) is 2.78. The SMILES string of the molecule is CCOCCCn1ccnc1Nc1ccc(Cl)c(Cl)c1. The zero-order chi connectivity index (χ0) is 14.4. The van der Waals surface area contributed by atoms with Crippen LogP contribution >= 0.6 is 23.2 Å². The number of nitrogens with one attached hydrogen (secondary N) is 1. The highest BCUT2D eigenvalue weighted by Crippen LogP contribution is 2.26. The van der Waals surface area contributed by atoms with Crippen molar-refractivity contribution in [3.63, 3.8) is 0 Å². The molecule has 0 saturated carbocycles. The highest BCUT2D eigenvalue weighted by Gasteiger charge is 2.05. The second kappa shape index (κ2) is 7.53. The van der Waals surface area contributed by atoms with Crippen molar-refractivity contribution >= 4 is 34.8 Å². The van der Waals surface area contributed by atoms with Crippen LogP contribution in [0.2, 0.25) is 10.0 Å². The second-order valence-corrected chi connectivity index (χ2v) is 5.06. The van der Waals surface area contributed by atoms with E-state index < -0.39 is 0 Å². The molecular weight excluding hydrogens is 297 g/mol. The lowest BCUT2D eigenvalue weighted by molar-refractivity contribution is 0.142. The number of aryl methyl sites for hydroxylation is 1. The molecule has 0 atom stereocenters. The van der Waals surface area contributed by atoms with Gasteiger partial charge in [-0.1, -0.05) is 23.2 Å². The predicted octanol–water partition coefficient (Wildman–Crippen LogP) is 4.36. The van der Waals surface area contributed by atoms with E-state index in [-0.39, 0.29) is 0 Å². The van der Waals surface area contributed by atoms with Gasteiger partial charge in [0, 0.05) is 37.8 Å². The largest absolute Gasteiger partial charge is 0.382 e. The van der Waals surface area contributed by atoms with Gasteiger partial charge < -0.3 is 14.6 Å². The zero-order valence-corrected chi connectivity index (χ0v) is 12.8. The van der Waals surface area contributed by atoms with Crippen LogP contribution in [0.15, 0.2) is 30.6 Å². The fourth-order valence-electron chi connectivity index (χ4n) is 1.80. The minimum absolute atomic E-state index is 0.520. The fraction of sp³-hybridized carbons (Fsp3) is 0.357. The van der Waals surface area contributed by atoms with Gasteiger partial charge in [0.25, 0.3) is 0 Å². The number of nitrogens with zero attached hydrogens (tertiary/aromatic N) is 2. The molecule has 0 unspecified atom stereocenters. The lowest BCUT2D eigenvalue weighted by atomic mass is 10.3. The van der Waals surface area contributed by atoms with E-state index in [0.29, 0.717) is 10.0 Å². The van der Waals surface area contributed by atoms with E-state index in [9.17, 15) is 0 Å². The minimum atomic E-state index is 0.520. The molecule has 0 fully saturated rings. The summed E-state index contributed by atoms with van der Waals surface area (Å²) in [6.07, 6.45) is 4.65. The van der Waals surface area contributed by atoms with Gasteiger partial charge in [-0.15, -0.1) is 0 Å². The van der Waals surface area contributed by atoms with Gasteiger partial charge in [-0.25, -0.2) is 4.98 Å². The van der Waals surface area contributed by atoms with Gasteiger partial charge in [0.15, 0.2) is 0 Å². The van der Waals surface area contributed by atoms with Crippen LogP contribution in [-0.4, -0.2) is 22.8 Å². The Morgan fingerprint density at radius 3 is 2.90 bits per heavy atom. The van der Waals surface area contributed by atoms with Crippen molar-refractivity contribution in [2.45, 2.75) is 19.9 Å². The van der Waals surface area contributed by atoms with Crippen LogP contribution in [0, 0.1) is 0 Å². The molecule has 1 heterocycles. The average Bonchev–Trinajstić information content (AvgIpc) is 2.86. The van der Waals surface area contributed by atoms with E-state index >= 15 is 0 Å². The standard InChI is InChI=1S/C14H17Cl2N3O/c1-2-20-9-3-7-19-8-6-17-14(19)18-11-4-5-12(15)13(16)10-11/h4-6,8,10H,2-3,7,9H2,1H3,(H,17,18). The van der Waals surface area contributed by atoms with Crippen molar-refractivity contribution in [1.82, 2.24) is 9.55 Å². The van der Waals surface area contributed by atoms with Crippen LogP contribution in [0.4, 0.5) is 11.6 Å². The molecule has 0 aliphatic carbocycles. The topological polar surface area (TPSA) is 39.1 Å². The maximum Gasteiger partial charge on any atom is 0.207 e. The van der Waals surface area contributed by atoms with Crippen molar-refractivity contribution in [3.05, 3.63) is 40.6 Å². The Bertz CT molecular complexity index is 557. The van der Waals surface area contributed by atoms with E-state index in [0.717, 1.165) is 37.8 Å². The van der Waals surface area contributed by atoms with Gasteiger partial charge in [0.2, 0.25) is 5.95 Å². The molecule has 20 heavy (non-hydrogen) atoms. The molecule has 1 aromatic carbocycles. The summed E-state index contributed by atoms with van der Waals surface area (Å²) in [5, 5.41) is 4.29. The predicted molar refractivity (Wildman–Crippen MR) is 83.1 cm³/mol. The summed E-state index contributed by atoms with van der Waals surface area (Å²) in [4.78, 5) is 4.30. The van der Waals surface area contributed by atoms with Gasteiger partial charge >= 0.3 is 0 Å². The van der Waals surface area contributed by atoms with Gasteiger partial charge in [-0.3, -0.25) is 0 Å². The number of halogens is 2. The van der Waals surface area contributed by atoms with Crippen LogP contribution in [0.3, 0.4) is 0 Å². The van der Waals surface area contributed by atoms with E-state index in [2.05, 4.69) is 10.3 Å². The summed E-state index contributed by atoms with van der Waals surface area (Å²) in [5.41, 5.74) is 0.858. The summed E-state index contributed by atoms with van der Waals surface area (Å²) in [6.45, 7) is 4.34. The third kappa shape index (κ3) is 4.13. The highest BCUT2D eigenvalue weighted by atomic mass is 35.5. The molecular formula is C14H17Cl2N3O. The molecule has 0 aliphatic rings. The molecule has 0 spiro atoms. The van der Waals surface area contributed by atoms with Crippen molar-refractivity contribution in [3.8, 4) is 0 Å². The normalized spacial score (nSPS) is 10.8. The molecule has 1 aromatic heterocycles. The maximum absolute atomic E-state index is 6.00. The van der Waals surface area contributed by atoms with Crippen LogP contribution in [0.1, 0.15) is 13.3 Å². The second-order valence-electron chi connectivity index (χ2n) is 4.25. The molecule has 1 N–H and O–H groups in total. The molecule has 0 aliphatic heterocycles. The maximum atomic E-state index is 6.00. The zero-order valence-electron chi connectivity index (χ0n) is 11.3. The minimum Gasteiger partial charge on any atom is -0.382 e. The quantitative estimate of drug-likeness (QED) is 0.772. The molecule has 0 saturated heterocycles. The lowest BCUT2D eigenvalue weighted by Crippen LogP contribution is -2.06. The first-order valence-electron chi connectivity index (χ1n) is 6.51. The smallest absolute Gasteiger partial charge is 0.207 e. The van der Waals surface area contributed by atoms with E-state index in [1.807, 2.05) is 23.8 Å². The van der Waals surface area contributed by atoms with Crippen molar-refractivity contribution < 1.29 is 4.74 Å². The van der Waals surface area contributed by atoms with Gasteiger partial charge in [0.05, 0.1) is 10.0 Å². The molecule has 4 nitrogen and oxygen atoms in total. The Morgan fingerprint density at radius 1 is 1.30 bits per heavy atom. The molecule has 108 valence electrons. The molecule has 0 radical (unpaired) electrons. The van der Waals surface area contributed by atoms with Crippen LogP contribution in [0.25, 0.3) is 0 Å². The van der Waals surface area contributed by atoms with Gasteiger partial charge in [-0.2, -0.15) is 0 Å². The van der Waals surface area contributed by atoms with Crippen LogP contribution < -0.4 is 5.32 Å². The fourth-order valence-corrected chi connectivity index (χ4v) is 2.10. The third-order valence-corrected chi connectivity index (χ3v) is 3.52. The number of anilines is 2. The number of rotatable bonds is 7. The molecule has 0 bridgehead atoms. The highest BCUT2D eigenvalue weighted by molar-refractivity contribution is 6.42. The first kappa shape index (κ1) is 15.2. The summed E-state index contributed by atoms with van der Waals surface area (Å²) in [5.74, 6) is 0.778. The summed E-state index contributed by atoms with van der Waals surface area (Å²) >= 11 is 11.9. The Balaban J connectivity index is 1.99. The summed E-state index contributed by atoms with van der Waals surface area (Å²) in [7, 11) is 0. The van der Waals surface area contributed by atoms with Crippen molar-refractivity contribution in [2.24, 2.45) is 0 Å². The molecule has 6 heteroatoms. The number of hydrogen-bond donors (Lipinski definition) is 1. The van der Waals surface area contributed by atoms with Crippen molar-refractivity contribution in [2.75, 3.05) is 18.5 Å². The Kier molecular flexibility index (Phi) is 5.71. The average molecular weight is 314 g/mol. The molecule has 2 aromatic rings. The van der Waals surface area contributed by atoms with E-state index in [4.69, 9.17) is 27.9 Å².